The van der Waals surface area contributed by atoms with E-state index < -0.39 is 54.4 Å². The molecule has 0 radical (unpaired) electrons. The van der Waals surface area contributed by atoms with E-state index in [0.29, 0.717) is 6.29 Å². The average Bonchev–Trinajstić information content (AvgIpc) is 2.48. The van der Waals surface area contributed by atoms with Crippen LogP contribution >= 0.6 is 0 Å². The first-order chi connectivity index (χ1) is 11.6. The Balaban J connectivity index is 3.20. The molecule has 0 amide bonds. The number of carbonyl (C=O) groups excluding carboxylic acids is 5. The van der Waals surface area contributed by atoms with E-state index in [1.54, 1.807) is 0 Å². The van der Waals surface area contributed by atoms with Crippen LogP contribution in [0.1, 0.15) is 27.7 Å². The number of hydrogen-bond donors (Lipinski definition) is 0. The van der Waals surface area contributed by atoms with Crippen LogP contribution in [0.2, 0.25) is 0 Å². The van der Waals surface area contributed by atoms with Gasteiger partial charge in [-0.25, -0.2) is 0 Å². The van der Waals surface area contributed by atoms with E-state index in [2.05, 4.69) is 0 Å². The molecule has 25 heavy (non-hydrogen) atoms. The molecule has 5 atom stereocenters. The average molecular weight is 360 g/mol. The van der Waals surface area contributed by atoms with Gasteiger partial charge in [0.05, 0.1) is 0 Å². The zero-order valence-corrected chi connectivity index (χ0v) is 14.3. The van der Waals surface area contributed by atoms with Crippen LogP contribution in [0, 0.1) is 0 Å². The summed E-state index contributed by atoms with van der Waals surface area (Å²) in [4.78, 5) is 56.5. The first-order valence-corrected chi connectivity index (χ1v) is 7.41. The van der Waals surface area contributed by atoms with Gasteiger partial charge in [-0.3, -0.25) is 19.2 Å². The highest BCUT2D eigenvalue weighted by Crippen LogP contribution is 2.28. The van der Waals surface area contributed by atoms with E-state index in [0.717, 1.165) is 27.7 Å². The molecule has 1 fully saturated rings. The first kappa shape index (κ1) is 20.6. The molecule has 0 aromatic carbocycles. The van der Waals surface area contributed by atoms with Gasteiger partial charge in [0.25, 0.3) is 0 Å². The predicted molar refractivity (Wildman–Crippen MR) is 78.0 cm³/mol. The Morgan fingerprint density at radius 3 is 1.72 bits per heavy atom. The molecule has 10 nitrogen and oxygen atoms in total. The summed E-state index contributed by atoms with van der Waals surface area (Å²) in [6, 6.07) is 0. The van der Waals surface area contributed by atoms with E-state index in [1.165, 1.54) is 0 Å². The van der Waals surface area contributed by atoms with Crippen molar-refractivity contribution in [2.24, 2.45) is 0 Å². The zero-order chi connectivity index (χ0) is 19.1. The second-order valence-electron chi connectivity index (χ2n) is 5.30. The van der Waals surface area contributed by atoms with Crippen molar-refractivity contribution in [3.63, 3.8) is 0 Å². The Labute approximate surface area is 143 Å². The van der Waals surface area contributed by atoms with Gasteiger partial charge in [0.15, 0.2) is 30.7 Å². The minimum Gasteiger partial charge on any atom is -0.463 e. The fraction of sp³-hybridized carbons (Fsp3) is 0.667. The summed E-state index contributed by atoms with van der Waals surface area (Å²) in [7, 11) is 0. The zero-order valence-electron chi connectivity index (χ0n) is 14.3. The summed E-state index contributed by atoms with van der Waals surface area (Å²) in [5, 5.41) is 0. The Morgan fingerprint density at radius 1 is 0.800 bits per heavy atom. The Morgan fingerprint density at radius 2 is 1.28 bits per heavy atom. The molecule has 1 unspecified atom stereocenters. The van der Waals surface area contributed by atoms with E-state index in [-0.39, 0.29) is 6.61 Å². The molecule has 0 bridgehead atoms. The van der Waals surface area contributed by atoms with Crippen molar-refractivity contribution in [2.45, 2.75) is 58.2 Å². The second-order valence-corrected chi connectivity index (χ2v) is 5.30. The summed E-state index contributed by atoms with van der Waals surface area (Å²) >= 11 is 0. The van der Waals surface area contributed by atoms with Gasteiger partial charge in [-0.1, -0.05) is 0 Å². The number of esters is 4. The summed E-state index contributed by atoms with van der Waals surface area (Å²) < 4.78 is 25.5. The molecule has 1 heterocycles. The number of hydrogen-bond acceptors (Lipinski definition) is 10. The quantitative estimate of drug-likeness (QED) is 0.340. The second kappa shape index (κ2) is 9.11. The Bertz CT molecular complexity index is 542. The third-order valence-electron chi connectivity index (χ3n) is 3.16. The van der Waals surface area contributed by atoms with Crippen LogP contribution in [0.25, 0.3) is 0 Å². The SMILES string of the molecule is CC(=O)OC[C@H]1OC(C=O)[C@@H](OC(C)=O)[C@@H](OC(C)=O)[C@@H]1OC(C)=O. The summed E-state index contributed by atoms with van der Waals surface area (Å²) in [6.45, 7) is 4.11. The highest BCUT2D eigenvalue weighted by Gasteiger charge is 2.52. The van der Waals surface area contributed by atoms with Crippen molar-refractivity contribution < 1.29 is 47.7 Å². The molecule has 0 N–H and O–H groups in total. The lowest BCUT2D eigenvalue weighted by molar-refractivity contribution is -0.246. The van der Waals surface area contributed by atoms with Gasteiger partial charge in [-0.05, 0) is 0 Å². The van der Waals surface area contributed by atoms with Crippen LogP contribution in [-0.2, 0) is 47.7 Å². The molecule has 10 heteroatoms. The van der Waals surface area contributed by atoms with Gasteiger partial charge >= 0.3 is 23.9 Å². The molecule has 0 spiro atoms. The minimum absolute atomic E-state index is 0.356. The van der Waals surface area contributed by atoms with Gasteiger partial charge in [-0.2, -0.15) is 0 Å². The molecular formula is C15H20O10. The van der Waals surface area contributed by atoms with Crippen LogP contribution < -0.4 is 0 Å². The summed E-state index contributed by atoms with van der Waals surface area (Å²) in [5.41, 5.74) is 0. The fourth-order valence-electron chi connectivity index (χ4n) is 2.37. The van der Waals surface area contributed by atoms with Crippen LogP contribution in [0.3, 0.4) is 0 Å². The van der Waals surface area contributed by atoms with Gasteiger partial charge in [0.2, 0.25) is 0 Å². The van der Waals surface area contributed by atoms with E-state index in [9.17, 15) is 24.0 Å². The number of aldehydes is 1. The molecule has 0 aromatic heterocycles. The van der Waals surface area contributed by atoms with Crippen LogP contribution in [-0.4, -0.2) is 67.3 Å². The molecule has 0 aromatic rings. The molecule has 1 aliphatic rings. The fourth-order valence-corrected chi connectivity index (χ4v) is 2.37. The Hall–Kier alpha value is -2.49. The van der Waals surface area contributed by atoms with Crippen molar-refractivity contribution in [3.8, 4) is 0 Å². The lowest BCUT2D eigenvalue weighted by atomic mass is 9.94. The summed E-state index contributed by atoms with van der Waals surface area (Å²) in [6.07, 6.45) is -5.93. The number of rotatable bonds is 6. The largest absolute Gasteiger partial charge is 0.463 e. The van der Waals surface area contributed by atoms with Crippen molar-refractivity contribution in [2.75, 3.05) is 6.61 Å². The standard InChI is InChI=1S/C15H20O10/c1-7(17)21-6-12-14(23-9(3)19)15(24-10(4)20)13(22-8(2)18)11(5-16)25-12/h5,11-15H,6H2,1-4H3/t11?,12-,13-,14-,15-/m1/s1. The molecule has 1 rings (SSSR count). The van der Waals surface area contributed by atoms with E-state index in [1.807, 2.05) is 0 Å². The molecule has 140 valence electrons. The van der Waals surface area contributed by atoms with Crippen molar-refractivity contribution >= 4 is 30.2 Å². The van der Waals surface area contributed by atoms with Crippen molar-refractivity contribution in [1.29, 1.82) is 0 Å². The van der Waals surface area contributed by atoms with Crippen LogP contribution in [0.5, 0.6) is 0 Å². The van der Waals surface area contributed by atoms with Gasteiger partial charge in [0.1, 0.15) is 12.7 Å². The van der Waals surface area contributed by atoms with E-state index >= 15 is 0 Å². The third-order valence-corrected chi connectivity index (χ3v) is 3.16. The third kappa shape index (κ3) is 6.14. The lowest BCUT2D eigenvalue weighted by Crippen LogP contribution is -2.62. The topological polar surface area (TPSA) is 132 Å². The van der Waals surface area contributed by atoms with Gasteiger partial charge in [-0.15, -0.1) is 0 Å². The summed E-state index contributed by atoms with van der Waals surface area (Å²) in [5.74, 6) is -2.86. The molecule has 0 saturated carbocycles. The molecule has 1 aliphatic heterocycles. The highest BCUT2D eigenvalue weighted by molar-refractivity contribution is 5.70. The number of carbonyl (C=O) groups is 5. The maximum absolute atomic E-state index is 11.4. The van der Waals surface area contributed by atoms with Crippen LogP contribution in [0.15, 0.2) is 0 Å². The van der Waals surface area contributed by atoms with E-state index in [4.69, 9.17) is 23.7 Å². The predicted octanol–water partition coefficient (Wildman–Crippen LogP) is -0.689. The molecule has 1 saturated heterocycles. The van der Waals surface area contributed by atoms with Crippen molar-refractivity contribution in [1.82, 2.24) is 0 Å². The molecular weight excluding hydrogens is 340 g/mol. The van der Waals surface area contributed by atoms with Gasteiger partial charge < -0.3 is 28.5 Å². The maximum atomic E-state index is 11.4. The minimum atomic E-state index is -1.32. The molecule has 0 aliphatic carbocycles. The normalized spacial score (nSPS) is 28.4. The number of ether oxygens (including phenoxy) is 5. The maximum Gasteiger partial charge on any atom is 0.303 e. The Kier molecular flexibility index (Phi) is 7.49. The first-order valence-electron chi connectivity index (χ1n) is 7.41. The van der Waals surface area contributed by atoms with Gasteiger partial charge in [0, 0.05) is 27.7 Å². The monoisotopic (exact) mass is 360 g/mol. The van der Waals surface area contributed by atoms with Crippen LogP contribution in [0.4, 0.5) is 0 Å². The lowest BCUT2D eigenvalue weighted by Gasteiger charge is -2.42. The highest BCUT2D eigenvalue weighted by atomic mass is 16.7. The van der Waals surface area contributed by atoms with Crippen molar-refractivity contribution in [3.05, 3.63) is 0 Å². The smallest absolute Gasteiger partial charge is 0.303 e.